The van der Waals surface area contributed by atoms with E-state index in [0.717, 1.165) is 41.0 Å². The van der Waals surface area contributed by atoms with Crippen LogP contribution >= 0.6 is 11.8 Å². The highest BCUT2D eigenvalue weighted by Gasteiger charge is 2.50. The van der Waals surface area contributed by atoms with Gasteiger partial charge in [-0.1, -0.05) is 55.9 Å². The van der Waals surface area contributed by atoms with Crippen molar-refractivity contribution in [1.82, 2.24) is 0 Å². The molecule has 8 heteroatoms. The number of carbonyl (C=O) groups excluding carboxylic acids is 1. The Morgan fingerprint density at radius 2 is 1.75 bits per heavy atom. The van der Waals surface area contributed by atoms with Gasteiger partial charge < -0.3 is 9.64 Å². The summed E-state index contributed by atoms with van der Waals surface area (Å²) in [7, 11) is -1.50. The van der Waals surface area contributed by atoms with Crippen molar-refractivity contribution in [3.8, 4) is 5.75 Å². The van der Waals surface area contributed by atoms with Crippen LogP contribution in [0.5, 0.6) is 5.75 Å². The van der Waals surface area contributed by atoms with Gasteiger partial charge in [-0.25, -0.2) is 8.42 Å². The minimum Gasteiger partial charge on any atom is -0.497 e. The first kappa shape index (κ1) is 22.9. The summed E-state index contributed by atoms with van der Waals surface area (Å²) in [4.78, 5) is 19.4. The Balaban J connectivity index is 1.70. The highest BCUT2D eigenvalue weighted by molar-refractivity contribution is 8.16. The second-order valence-corrected chi connectivity index (χ2v) is 11.5. The number of anilines is 1. The molecule has 0 aliphatic carbocycles. The van der Waals surface area contributed by atoms with E-state index < -0.39 is 9.84 Å². The Bertz CT molecular complexity index is 1120. The smallest absolute Gasteiger partial charge is 0.252 e. The minimum absolute atomic E-state index is 0.0948. The normalized spacial score (nSPS) is 22.8. The summed E-state index contributed by atoms with van der Waals surface area (Å²) in [6.45, 7) is 4.19. The average molecular weight is 473 g/mol. The highest BCUT2D eigenvalue weighted by atomic mass is 32.2. The zero-order chi connectivity index (χ0) is 22.9. The maximum absolute atomic E-state index is 12.9. The fourth-order valence-corrected chi connectivity index (χ4v) is 8.33. The zero-order valence-corrected chi connectivity index (χ0v) is 20.2. The molecular formula is C24H28N2O4S2. The third-order valence-electron chi connectivity index (χ3n) is 6.01. The highest BCUT2D eigenvalue weighted by Crippen LogP contribution is 2.43. The van der Waals surface area contributed by atoms with E-state index in [-0.39, 0.29) is 35.1 Å². The molecule has 2 fully saturated rings. The standard InChI is InChI=1S/C24H28N2O4S2/c1-4-17-7-6-8-18(5-2)23(17)26-20-14-32(28,29)15-21(20)31-24(26)25-22(27)13-16-9-11-19(30-3)12-10-16/h6-12,20-21H,4-5,13-15H2,1-3H3. The summed E-state index contributed by atoms with van der Waals surface area (Å²) in [6.07, 6.45) is 1.83. The number of ether oxygens (including phenoxy) is 1. The molecule has 0 bridgehead atoms. The van der Waals surface area contributed by atoms with E-state index in [2.05, 4.69) is 31.0 Å². The van der Waals surface area contributed by atoms with E-state index in [4.69, 9.17) is 4.74 Å². The van der Waals surface area contributed by atoms with Crippen LogP contribution in [-0.4, -0.2) is 49.4 Å². The van der Waals surface area contributed by atoms with Crippen LogP contribution in [0, 0.1) is 0 Å². The number of nitrogens with zero attached hydrogens (tertiary/aromatic N) is 2. The lowest BCUT2D eigenvalue weighted by molar-refractivity contribution is -0.117. The molecule has 170 valence electrons. The molecule has 0 saturated carbocycles. The summed E-state index contributed by atoms with van der Waals surface area (Å²) < 4.78 is 30.0. The van der Waals surface area contributed by atoms with Crippen molar-refractivity contribution in [3.05, 3.63) is 59.2 Å². The third kappa shape index (κ3) is 4.57. The number of amides is 1. The van der Waals surface area contributed by atoms with Crippen LogP contribution in [0.2, 0.25) is 0 Å². The topological polar surface area (TPSA) is 76.0 Å². The van der Waals surface area contributed by atoms with Gasteiger partial charge in [0.1, 0.15) is 5.75 Å². The molecule has 2 saturated heterocycles. The Kier molecular flexibility index (Phi) is 6.62. The number of fused-ring (bicyclic) bond motifs is 1. The van der Waals surface area contributed by atoms with Crippen LogP contribution in [0.4, 0.5) is 5.69 Å². The fraction of sp³-hybridized carbons (Fsp3) is 0.417. The van der Waals surface area contributed by atoms with Crippen LogP contribution < -0.4 is 9.64 Å². The lowest BCUT2D eigenvalue weighted by Crippen LogP contribution is -2.39. The number of thioether (sulfide) groups is 1. The monoisotopic (exact) mass is 472 g/mol. The van der Waals surface area contributed by atoms with Crippen LogP contribution in [-0.2, 0) is 33.9 Å². The van der Waals surface area contributed by atoms with Gasteiger partial charge in [-0.3, -0.25) is 4.79 Å². The molecule has 6 nitrogen and oxygen atoms in total. The number of rotatable bonds is 6. The summed E-state index contributed by atoms with van der Waals surface area (Å²) >= 11 is 1.43. The molecule has 0 spiro atoms. The van der Waals surface area contributed by atoms with Gasteiger partial charge in [0.15, 0.2) is 15.0 Å². The molecule has 0 aromatic heterocycles. The van der Waals surface area contributed by atoms with Gasteiger partial charge in [-0.2, -0.15) is 4.99 Å². The van der Waals surface area contributed by atoms with E-state index in [1.165, 1.54) is 11.8 Å². The summed E-state index contributed by atoms with van der Waals surface area (Å²) in [6, 6.07) is 13.4. The van der Waals surface area contributed by atoms with Gasteiger partial charge in [0.25, 0.3) is 5.91 Å². The van der Waals surface area contributed by atoms with Crippen molar-refractivity contribution in [3.63, 3.8) is 0 Å². The predicted molar refractivity (Wildman–Crippen MR) is 131 cm³/mol. The second kappa shape index (κ2) is 9.27. The van der Waals surface area contributed by atoms with E-state index in [1.54, 1.807) is 7.11 Å². The molecule has 2 unspecified atom stereocenters. The summed E-state index contributed by atoms with van der Waals surface area (Å²) in [5.74, 6) is 0.720. The van der Waals surface area contributed by atoms with Gasteiger partial charge in [0.05, 0.1) is 31.1 Å². The van der Waals surface area contributed by atoms with Gasteiger partial charge in [0, 0.05) is 10.9 Å². The minimum atomic E-state index is -3.11. The van der Waals surface area contributed by atoms with E-state index >= 15 is 0 Å². The van der Waals surface area contributed by atoms with E-state index in [1.807, 2.05) is 35.2 Å². The summed E-state index contributed by atoms with van der Waals surface area (Å²) in [5, 5.41) is 0.506. The molecule has 2 heterocycles. The largest absolute Gasteiger partial charge is 0.497 e. The Labute approximate surface area is 194 Å². The number of carbonyl (C=O) groups is 1. The average Bonchev–Trinajstić information content (AvgIpc) is 3.24. The number of methoxy groups -OCH3 is 1. The maximum Gasteiger partial charge on any atom is 0.252 e. The molecular weight excluding hydrogens is 444 g/mol. The number of hydrogen-bond donors (Lipinski definition) is 0. The molecule has 1 amide bonds. The molecule has 2 aliphatic rings. The Morgan fingerprint density at radius 3 is 2.34 bits per heavy atom. The van der Waals surface area contributed by atoms with Crippen molar-refractivity contribution in [1.29, 1.82) is 0 Å². The number of para-hydroxylation sites is 1. The van der Waals surface area contributed by atoms with Gasteiger partial charge >= 0.3 is 0 Å². The lowest BCUT2D eigenvalue weighted by atomic mass is 10.0. The molecule has 2 atom stereocenters. The van der Waals surface area contributed by atoms with Crippen molar-refractivity contribution in [2.75, 3.05) is 23.5 Å². The SMILES string of the molecule is CCc1cccc(CC)c1N1C(=NC(=O)Cc2ccc(OC)cc2)SC2CS(=O)(=O)CC21. The molecule has 2 aromatic carbocycles. The fourth-order valence-electron chi connectivity index (χ4n) is 4.41. The van der Waals surface area contributed by atoms with Crippen LogP contribution in [0.15, 0.2) is 47.5 Å². The second-order valence-electron chi connectivity index (χ2n) is 8.12. The maximum atomic E-state index is 12.9. The quantitative estimate of drug-likeness (QED) is 0.639. The predicted octanol–water partition coefficient (Wildman–Crippen LogP) is 3.66. The lowest BCUT2D eigenvalue weighted by Gasteiger charge is -2.29. The molecule has 2 aromatic rings. The van der Waals surface area contributed by atoms with Crippen molar-refractivity contribution in [2.45, 2.75) is 44.4 Å². The van der Waals surface area contributed by atoms with Crippen LogP contribution in [0.3, 0.4) is 0 Å². The first-order valence-electron chi connectivity index (χ1n) is 10.9. The van der Waals surface area contributed by atoms with E-state index in [9.17, 15) is 13.2 Å². The van der Waals surface area contributed by atoms with Gasteiger partial charge in [-0.15, -0.1) is 0 Å². The number of sulfone groups is 1. The molecule has 4 rings (SSSR count). The molecule has 0 N–H and O–H groups in total. The zero-order valence-electron chi connectivity index (χ0n) is 18.6. The Morgan fingerprint density at radius 1 is 1.09 bits per heavy atom. The van der Waals surface area contributed by atoms with Gasteiger partial charge in [0.2, 0.25) is 0 Å². The third-order valence-corrected chi connectivity index (χ3v) is 9.22. The van der Waals surface area contributed by atoms with Crippen molar-refractivity contribution >= 4 is 38.4 Å². The van der Waals surface area contributed by atoms with Crippen LogP contribution in [0.25, 0.3) is 0 Å². The molecule has 0 radical (unpaired) electrons. The van der Waals surface area contributed by atoms with Crippen molar-refractivity contribution in [2.24, 2.45) is 4.99 Å². The van der Waals surface area contributed by atoms with Crippen LogP contribution in [0.1, 0.15) is 30.5 Å². The first-order chi connectivity index (χ1) is 15.3. The van der Waals surface area contributed by atoms with Crippen molar-refractivity contribution < 1.29 is 17.9 Å². The number of hydrogen-bond acceptors (Lipinski definition) is 5. The number of amidine groups is 1. The van der Waals surface area contributed by atoms with Gasteiger partial charge in [-0.05, 0) is 41.7 Å². The molecule has 2 aliphatic heterocycles. The molecule has 32 heavy (non-hydrogen) atoms. The number of benzene rings is 2. The summed E-state index contributed by atoms with van der Waals surface area (Å²) in [5.41, 5.74) is 4.17. The Hall–Kier alpha value is -2.32. The number of aliphatic imine (C=N–C) groups is 1. The number of aryl methyl sites for hydroxylation is 2. The first-order valence-corrected chi connectivity index (χ1v) is 13.6. The van der Waals surface area contributed by atoms with E-state index in [0.29, 0.717) is 5.17 Å².